The van der Waals surface area contributed by atoms with Gasteiger partial charge in [0, 0.05) is 18.1 Å². The Morgan fingerprint density at radius 3 is 2.52 bits per heavy atom. The van der Waals surface area contributed by atoms with Gasteiger partial charge in [-0.1, -0.05) is 61.5 Å². The van der Waals surface area contributed by atoms with E-state index in [1.807, 2.05) is 85.8 Å². The Morgan fingerprint density at radius 1 is 0.979 bits per heavy atom. The molecule has 1 aliphatic carbocycles. The van der Waals surface area contributed by atoms with Gasteiger partial charge in [-0.05, 0) is 102 Å². The molecule has 7 rings (SSSR count). The van der Waals surface area contributed by atoms with E-state index in [0.29, 0.717) is 32.2 Å². The zero-order valence-corrected chi connectivity index (χ0v) is 27.0. The first kappa shape index (κ1) is 31.9. The number of nitrogens with zero attached hydrogens (tertiary/aromatic N) is 2. The number of amides is 2. The zero-order valence-electron chi connectivity index (χ0n) is 27.0. The summed E-state index contributed by atoms with van der Waals surface area (Å²) in [5.41, 5.74) is 4.69. The van der Waals surface area contributed by atoms with Crippen LogP contribution in [0, 0.1) is 17.8 Å². The highest BCUT2D eigenvalue weighted by atomic mass is 16.5. The molecule has 0 radical (unpaired) electrons. The van der Waals surface area contributed by atoms with Gasteiger partial charge in [0.05, 0.1) is 23.6 Å². The van der Waals surface area contributed by atoms with Gasteiger partial charge in [0.25, 0.3) is 0 Å². The number of para-hydroxylation sites is 1. The summed E-state index contributed by atoms with van der Waals surface area (Å²) in [7, 11) is -1.06. The molecule has 3 aromatic carbocycles. The molecule has 3 aliphatic rings. The monoisotopic (exact) mass is 642 g/mol. The van der Waals surface area contributed by atoms with E-state index in [0.717, 1.165) is 44.5 Å². The largest absolute Gasteiger partial charge is 0.507 e. The third-order valence-electron chi connectivity index (χ3n) is 9.94. The molecule has 8 nitrogen and oxygen atoms in total. The van der Waals surface area contributed by atoms with Crippen LogP contribution in [-0.4, -0.2) is 58.2 Å². The van der Waals surface area contributed by atoms with Crippen molar-refractivity contribution in [2.75, 3.05) is 13.2 Å². The number of carbonyl (C=O) groups is 2. The van der Waals surface area contributed by atoms with E-state index < -0.39 is 25.1 Å². The van der Waals surface area contributed by atoms with E-state index in [1.54, 1.807) is 12.3 Å². The van der Waals surface area contributed by atoms with E-state index in [4.69, 9.17) is 9.39 Å². The molecule has 244 valence electrons. The number of rotatable bonds is 10. The van der Waals surface area contributed by atoms with Crippen LogP contribution >= 0.6 is 0 Å². The molecule has 1 aromatic heterocycles. The Kier molecular flexibility index (Phi) is 9.15. The maximum Gasteiger partial charge on any atom is 0.455 e. The molecule has 2 amide bonds. The molecule has 48 heavy (non-hydrogen) atoms. The molecule has 9 heteroatoms. The van der Waals surface area contributed by atoms with E-state index in [9.17, 15) is 19.7 Å². The number of hydrogen-bond acceptors (Lipinski definition) is 7. The average Bonchev–Trinajstić information content (AvgIpc) is 3.35. The predicted molar refractivity (Wildman–Crippen MR) is 186 cm³/mol. The van der Waals surface area contributed by atoms with E-state index in [-0.39, 0.29) is 36.4 Å². The molecule has 3 heterocycles. The number of aromatic hydroxyl groups is 1. The lowest BCUT2D eigenvalue weighted by molar-refractivity contribution is -0.140. The molecule has 2 N–H and O–H groups in total. The molecule has 2 aliphatic heterocycles. The highest BCUT2D eigenvalue weighted by Gasteiger charge is 2.57. The molecule has 0 unspecified atom stereocenters. The Balaban J connectivity index is 1.25. The standard InChI is InChI=1S/C39H39BN2O6/c1-2-20-42-38(44)31-22-27(24-47-28-10-4-3-5-11-28)36-32(37(31)39(42)45)23-40(46)48-35(36)18-16-26(33-14-8-9-19-41-33)21-25-15-17-34(43)30-13-7-6-12-29(25)30/h3-15,17,19,21,31-32,35,37,43,46H,2,16,18,20,22-24H2,1H3/b26-21-/t31-,32+,35-,37-/m1/s1. The zero-order chi connectivity index (χ0) is 33.2. The van der Waals surface area contributed by atoms with Crippen LogP contribution in [0.15, 0.2) is 102 Å². The number of allylic oxidation sites excluding steroid dienone is 1. The molecule has 2 saturated heterocycles. The van der Waals surface area contributed by atoms with Crippen molar-refractivity contribution >= 4 is 41.4 Å². The molecule has 4 aromatic rings. The first-order chi connectivity index (χ1) is 23.4. The van der Waals surface area contributed by atoms with Crippen molar-refractivity contribution in [2.24, 2.45) is 17.8 Å². The lowest BCUT2D eigenvalue weighted by Crippen LogP contribution is -2.46. The highest BCUT2D eigenvalue weighted by Crippen LogP contribution is 2.51. The van der Waals surface area contributed by atoms with Gasteiger partial charge in [0.1, 0.15) is 18.1 Å². The van der Waals surface area contributed by atoms with Crippen molar-refractivity contribution in [1.82, 2.24) is 9.88 Å². The van der Waals surface area contributed by atoms with Gasteiger partial charge in [-0.25, -0.2) is 0 Å². The number of hydrogen-bond donors (Lipinski definition) is 2. The first-order valence-electron chi connectivity index (χ1n) is 16.8. The first-order valence-corrected chi connectivity index (χ1v) is 16.8. The Morgan fingerprint density at radius 2 is 1.75 bits per heavy atom. The van der Waals surface area contributed by atoms with Crippen LogP contribution in [0.5, 0.6) is 11.5 Å². The Bertz CT molecular complexity index is 1880. The number of phenolic OH excluding ortho intramolecular Hbond substituents is 1. The number of ether oxygens (including phenoxy) is 1. The lowest BCUT2D eigenvalue weighted by Gasteiger charge is -2.43. The van der Waals surface area contributed by atoms with Gasteiger partial charge in [0.2, 0.25) is 11.8 Å². The molecule has 4 atom stereocenters. The summed E-state index contributed by atoms with van der Waals surface area (Å²) in [4.78, 5) is 33.4. The second kappa shape index (κ2) is 13.8. The van der Waals surface area contributed by atoms with Crippen molar-refractivity contribution in [3.05, 3.63) is 114 Å². The maximum atomic E-state index is 13.8. The summed E-state index contributed by atoms with van der Waals surface area (Å²) in [6, 6.07) is 26.7. The van der Waals surface area contributed by atoms with Crippen LogP contribution in [0.1, 0.15) is 43.9 Å². The number of fused-ring (bicyclic) bond motifs is 4. The van der Waals surface area contributed by atoms with Gasteiger partial charge in [0.15, 0.2) is 0 Å². The topological polar surface area (TPSA) is 109 Å². The second-order valence-corrected chi connectivity index (χ2v) is 12.9. The molecule has 2 fully saturated rings. The fraction of sp³-hybridized carbons (Fsp3) is 0.308. The molecule has 0 spiro atoms. The van der Waals surface area contributed by atoms with E-state index in [2.05, 4.69) is 11.1 Å². The van der Waals surface area contributed by atoms with Crippen molar-refractivity contribution in [3.63, 3.8) is 0 Å². The summed E-state index contributed by atoms with van der Waals surface area (Å²) in [6.45, 7) is 2.63. The maximum absolute atomic E-state index is 13.8. The van der Waals surface area contributed by atoms with E-state index >= 15 is 0 Å². The minimum Gasteiger partial charge on any atom is -0.507 e. The smallest absolute Gasteiger partial charge is 0.455 e. The molecular weight excluding hydrogens is 603 g/mol. The quantitative estimate of drug-likeness (QED) is 0.115. The normalized spacial score (nSPS) is 22.7. The molecular formula is C39H39BN2O6. The molecule has 0 bridgehead atoms. The number of pyridine rings is 1. The van der Waals surface area contributed by atoms with Crippen molar-refractivity contribution in [1.29, 1.82) is 0 Å². The van der Waals surface area contributed by atoms with Gasteiger partial charge in [-0.2, -0.15) is 0 Å². The number of imide groups is 1. The Hall–Kier alpha value is -4.73. The van der Waals surface area contributed by atoms with Crippen molar-refractivity contribution in [2.45, 2.75) is 45.0 Å². The molecule has 0 saturated carbocycles. The summed E-state index contributed by atoms with van der Waals surface area (Å²) < 4.78 is 12.5. The number of benzene rings is 3. The van der Waals surface area contributed by atoms with Gasteiger partial charge < -0.3 is 19.5 Å². The van der Waals surface area contributed by atoms with Crippen molar-refractivity contribution in [3.8, 4) is 11.5 Å². The summed E-state index contributed by atoms with van der Waals surface area (Å²) in [5.74, 6) is -0.628. The summed E-state index contributed by atoms with van der Waals surface area (Å²) >= 11 is 0. The van der Waals surface area contributed by atoms with Gasteiger partial charge >= 0.3 is 7.12 Å². The van der Waals surface area contributed by atoms with Crippen LogP contribution in [0.4, 0.5) is 0 Å². The fourth-order valence-electron chi connectivity index (χ4n) is 7.83. The highest BCUT2D eigenvalue weighted by molar-refractivity contribution is 6.43. The van der Waals surface area contributed by atoms with E-state index in [1.165, 1.54) is 4.90 Å². The van der Waals surface area contributed by atoms with Gasteiger partial charge in [-0.15, -0.1) is 0 Å². The number of likely N-dealkylation sites (tertiary alicyclic amines) is 1. The lowest BCUT2D eigenvalue weighted by atomic mass is 9.58. The SMILES string of the molecule is CCCN1C(=O)[C@@H]2[C@@H](CC(COc3ccccc3)=C3[C@@H](CC/C(=C/c4ccc(O)c5ccccc45)c4ccccn4)OB(O)C[C@@H]32)C1=O. The fourth-order valence-corrected chi connectivity index (χ4v) is 7.83. The minimum atomic E-state index is -1.06. The number of aromatic nitrogens is 1. The number of carbonyl (C=O) groups excluding carboxylic acids is 2. The van der Waals surface area contributed by atoms with Crippen LogP contribution in [0.3, 0.4) is 0 Å². The second-order valence-electron chi connectivity index (χ2n) is 12.9. The average molecular weight is 643 g/mol. The van der Waals surface area contributed by atoms with Crippen LogP contribution < -0.4 is 4.74 Å². The third kappa shape index (κ3) is 6.16. The van der Waals surface area contributed by atoms with Crippen LogP contribution in [0.2, 0.25) is 6.32 Å². The summed E-state index contributed by atoms with van der Waals surface area (Å²) in [6.07, 6.45) is 5.84. The van der Waals surface area contributed by atoms with Gasteiger partial charge in [-0.3, -0.25) is 19.5 Å². The number of phenols is 1. The minimum absolute atomic E-state index is 0.123. The van der Waals surface area contributed by atoms with Crippen LogP contribution in [-0.2, 0) is 14.2 Å². The van der Waals surface area contributed by atoms with Crippen molar-refractivity contribution < 1.29 is 29.1 Å². The Labute approximate surface area is 280 Å². The predicted octanol–water partition coefficient (Wildman–Crippen LogP) is 6.55. The third-order valence-corrected chi connectivity index (χ3v) is 9.94. The van der Waals surface area contributed by atoms with Crippen LogP contribution in [0.25, 0.3) is 22.4 Å². The summed E-state index contributed by atoms with van der Waals surface area (Å²) in [5, 5.41) is 23.3.